The highest BCUT2D eigenvalue weighted by Crippen LogP contribution is 2.50. The summed E-state index contributed by atoms with van der Waals surface area (Å²) in [7, 11) is 0. The summed E-state index contributed by atoms with van der Waals surface area (Å²) in [5.41, 5.74) is 22.6. The third kappa shape index (κ3) is 7.44. The van der Waals surface area contributed by atoms with Crippen LogP contribution in [0.5, 0.6) is 0 Å². The summed E-state index contributed by atoms with van der Waals surface area (Å²) in [5.74, 6) is 0.583. The van der Waals surface area contributed by atoms with E-state index in [9.17, 15) is 0 Å². The maximum Gasteiger partial charge on any atom is 0.0540 e. The molecule has 1 fully saturated rings. The number of benzene rings is 10. The molecular formula is C67H55N. The first-order valence-electron chi connectivity index (χ1n) is 24.6. The quantitative estimate of drug-likeness (QED) is 0.140. The average Bonchev–Trinajstić information content (AvgIpc) is 3.64. The molecule has 0 unspecified atom stereocenters. The second-order valence-corrected chi connectivity index (χ2v) is 19.5. The van der Waals surface area contributed by atoms with Gasteiger partial charge in [-0.2, -0.15) is 0 Å². The number of hydrogen-bond acceptors (Lipinski definition) is 1. The van der Waals surface area contributed by atoms with E-state index < -0.39 is 0 Å². The minimum Gasteiger partial charge on any atom is -0.310 e. The van der Waals surface area contributed by atoms with E-state index in [4.69, 9.17) is 0 Å². The first-order valence-corrected chi connectivity index (χ1v) is 24.6. The van der Waals surface area contributed by atoms with Crippen molar-refractivity contribution in [1.82, 2.24) is 0 Å². The van der Waals surface area contributed by atoms with Gasteiger partial charge >= 0.3 is 0 Å². The fourth-order valence-corrected chi connectivity index (χ4v) is 11.6. The molecular weight excluding hydrogens is 819 g/mol. The van der Waals surface area contributed by atoms with Gasteiger partial charge in [0.1, 0.15) is 0 Å². The Morgan fingerprint density at radius 1 is 0.353 bits per heavy atom. The molecule has 1 heteroatoms. The number of para-hydroxylation sites is 1. The summed E-state index contributed by atoms with van der Waals surface area (Å²) in [4.78, 5) is 2.47. The van der Waals surface area contributed by atoms with Gasteiger partial charge in [-0.15, -0.1) is 0 Å². The molecule has 2 aliphatic carbocycles. The lowest BCUT2D eigenvalue weighted by Crippen LogP contribution is -2.14. The van der Waals surface area contributed by atoms with E-state index in [0.717, 1.165) is 17.1 Å². The van der Waals surface area contributed by atoms with Crippen LogP contribution in [-0.2, 0) is 5.41 Å². The lowest BCUT2D eigenvalue weighted by atomic mass is 9.80. The van der Waals surface area contributed by atoms with Crippen molar-refractivity contribution >= 4 is 27.8 Å². The summed E-state index contributed by atoms with van der Waals surface area (Å²) in [6.45, 7) is 4.72. The molecule has 0 atom stereocenters. The van der Waals surface area contributed by atoms with Crippen LogP contribution in [0.1, 0.15) is 68.6 Å². The number of rotatable bonds is 9. The van der Waals surface area contributed by atoms with E-state index >= 15 is 0 Å². The van der Waals surface area contributed by atoms with Crippen LogP contribution in [0.3, 0.4) is 0 Å². The summed E-state index contributed by atoms with van der Waals surface area (Å²) in [5, 5.41) is 2.71. The Hall–Kier alpha value is -7.74. The molecule has 0 spiro atoms. The van der Waals surface area contributed by atoms with Crippen molar-refractivity contribution in [2.75, 3.05) is 4.90 Å². The van der Waals surface area contributed by atoms with Crippen LogP contribution < -0.4 is 4.90 Å². The molecule has 12 rings (SSSR count). The largest absolute Gasteiger partial charge is 0.310 e. The van der Waals surface area contributed by atoms with Gasteiger partial charge in [-0.1, -0.05) is 221 Å². The zero-order chi connectivity index (χ0) is 45.6. The Morgan fingerprint density at radius 3 is 1.54 bits per heavy atom. The Morgan fingerprint density at radius 2 is 0.868 bits per heavy atom. The number of hydrogen-bond donors (Lipinski definition) is 0. The van der Waals surface area contributed by atoms with Crippen molar-refractivity contribution in [2.45, 2.75) is 57.3 Å². The minimum absolute atomic E-state index is 0.0555. The zero-order valence-corrected chi connectivity index (χ0v) is 39.0. The summed E-state index contributed by atoms with van der Waals surface area (Å²) >= 11 is 0. The second-order valence-electron chi connectivity index (χ2n) is 19.5. The van der Waals surface area contributed by atoms with Gasteiger partial charge in [0.05, 0.1) is 5.69 Å². The van der Waals surface area contributed by atoms with Crippen LogP contribution in [-0.4, -0.2) is 0 Å². The third-order valence-corrected chi connectivity index (χ3v) is 15.1. The highest BCUT2D eigenvalue weighted by molar-refractivity contribution is 6.03. The first-order chi connectivity index (χ1) is 33.5. The number of anilines is 3. The molecule has 1 saturated carbocycles. The Balaban J connectivity index is 0.977. The molecule has 0 N–H and O–H groups in total. The minimum atomic E-state index is -0.0555. The smallest absolute Gasteiger partial charge is 0.0540 e. The van der Waals surface area contributed by atoms with Crippen molar-refractivity contribution in [2.24, 2.45) is 0 Å². The van der Waals surface area contributed by atoms with Gasteiger partial charge in [0.2, 0.25) is 0 Å². The van der Waals surface area contributed by atoms with Crippen LogP contribution in [0, 0.1) is 0 Å². The van der Waals surface area contributed by atoms with Gasteiger partial charge in [-0.3, -0.25) is 0 Å². The third-order valence-electron chi connectivity index (χ3n) is 15.1. The Labute approximate surface area is 402 Å². The van der Waals surface area contributed by atoms with Crippen molar-refractivity contribution in [3.8, 4) is 66.8 Å². The van der Waals surface area contributed by atoms with Crippen LogP contribution in [0.4, 0.5) is 17.1 Å². The molecule has 68 heavy (non-hydrogen) atoms. The molecule has 0 aliphatic heterocycles. The summed E-state index contributed by atoms with van der Waals surface area (Å²) in [6, 6.07) is 85.8. The van der Waals surface area contributed by atoms with E-state index in [1.54, 1.807) is 0 Å². The molecule has 10 aromatic carbocycles. The average molecular weight is 874 g/mol. The molecule has 0 heterocycles. The molecule has 0 radical (unpaired) electrons. The van der Waals surface area contributed by atoms with Crippen LogP contribution in [0.25, 0.3) is 77.5 Å². The van der Waals surface area contributed by atoms with Crippen LogP contribution in [0.15, 0.2) is 231 Å². The predicted octanol–water partition coefficient (Wildman–Crippen LogP) is 19.0. The van der Waals surface area contributed by atoms with Crippen LogP contribution >= 0.6 is 0 Å². The van der Waals surface area contributed by atoms with Crippen molar-refractivity contribution in [1.29, 1.82) is 0 Å². The molecule has 10 aromatic rings. The standard InChI is InChI=1S/C67H55N/c1-67(2)63-30-14-12-26-58(63)59-43-37-53(45-64(59)67)47-34-40-55(41-35-47)68(65-31-15-13-27-60(65)61-29-17-25-51-24-16-28-57(66(51)61)49-20-8-4-9-21-49)54-38-32-46(33-39-54)52-36-42-56(48-18-6-3-7-19-48)62(44-52)50-22-10-5-11-23-50/h3,5-7,10-19,22-45,49H,4,8-9,20-21H2,1-2H3. The summed E-state index contributed by atoms with van der Waals surface area (Å²) < 4.78 is 0. The first kappa shape index (κ1) is 41.7. The van der Waals surface area contributed by atoms with Crippen molar-refractivity contribution < 1.29 is 0 Å². The van der Waals surface area contributed by atoms with E-state index in [-0.39, 0.29) is 5.41 Å². The van der Waals surface area contributed by atoms with Crippen molar-refractivity contribution in [3.63, 3.8) is 0 Å². The van der Waals surface area contributed by atoms with Gasteiger partial charge in [0, 0.05) is 22.4 Å². The molecule has 0 amide bonds. The van der Waals surface area contributed by atoms with Gasteiger partial charge < -0.3 is 4.90 Å². The van der Waals surface area contributed by atoms with Gasteiger partial charge in [-0.05, 0) is 150 Å². The van der Waals surface area contributed by atoms with E-state index in [2.05, 4.69) is 249 Å². The molecule has 0 aromatic heterocycles. The maximum absolute atomic E-state index is 2.47. The van der Waals surface area contributed by atoms with Crippen molar-refractivity contribution in [3.05, 3.63) is 247 Å². The van der Waals surface area contributed by atoms with Gasteiger partial charge in [0.15, 0.2) is 0 Å². The maximum atomic E-state index is 2.47. The van der Waals surface area contributed by atoms with E-state index in [0.29, 0.717) is 5.92 Å². The Bertz CT molecular complexity index is 3420. The lowest BCUT2D eigenvalue weighted by molar-refractivity contribution is 0.445. The second kappa shape index (κ2) is 17.5. The van der Waals surface area contributed by atoms with E-state index in [1.165, 1.54) is 126 Å². The Kier molecular flexibility index (Phi) is 10.7. The highest BCUT2D eigenvalue weighted by atomic mass is 15.1. The SMILES string of the molecule is CC1(C)c2ccccc2-c2ccc(-c3ccc(N(c4ccc(-c5ccc(-c6ccccc6)c(-c6ccccc6)c5)cc4)c4ccccc4-c4cccc5cccc(C6CCCCC6)c45)cc3)cc21. The predicted molar refractivity (Wildman–Crippen MR) is 289 cm³/mol. The number of fused-ring (bicyclic) bond motifs is 4. The molecule has 1 nitrogen and oxygen atoms in total. The normalized spacial score (nSPS) is 14.1. The zero-order valence-electron chi connectivity index (χ0n) is 39.0. The van der Waals surface area contributed by atoms with Crippen LogP contribution in [0.2, 0.25) is 0 Å². The molecule has 0 bridgehead atoms. The number of nitrogens with zero attached hydrogens (tertiary/aromatic N) is 1. The highest BCUT2D eigenvalue weighted by Gasteiger charge is 2.35. The monoisotopic (exact) mass is 873 g/mol. The lowest BCUT2D eigenvalue weighted by Gasteiger charge is -2.29. The van der Waals surface area contributed by atoms with Gasteiger partial charge in [0.25, 0.3) is 0 Å². The fraction of sp³-hybridized carbons (Fsp3) is 0.134. The molecule has 2 aliphatic rings. The summed E-state index contributed by atoms with van der Waals surface area (Å²) in [6.07, 6.45) is 6.48. The fourth-order valence-electron chi connectivity index (χ4n) is 11.6. The molecule has 0 saturated heterocycles. The van der Waals surface area contributed by atoms with E-state index in [1.807, 2.05) is 0 Å². The van der Waals surface area contributed by atoms with Gasteiger partial charge in [-0.25, -0.2) is 0 Å². The molecule has 328 valence electrons. The topological polar surface area (TPSA) is 3.24 Å².